The van der Waals surface area contributed by atoms with Gasteiger partial charge >= 0.3 is 0 Å². The van der Waals surface area contributed by atoms with Crippen LogP contribution in [0.2, 0.25) is 0 Å². The fraction of sp³-hybridized carbons (Fsp3) is 0.292. The summed E-state index contributed by atoms with van der Waals surface area (Å²) in [5, 5.41) is 4.52. The SMILES string of the molecule is CC(C(=O)N1CCCc2ccccc21)n1nc(-c2ccc3c(c2)OCCO3)ccc1=O. The van der Waals surface area contributed by atoms with Gasteiger partial charge in [0, 0.05) is 23.9 Å². The second-order valence-corrected chi connectivity index (χ2v) is 7.76. The molecular weight excluding hydrogens is 394 g/mol. The molecule has 31 heavy (non-hydrogen) atoms. The molecule has 7 heteroatoms. The molecule has 0 radical (unpaired) electrons. The summed E-state index contributed by atoms with van der Waals surface area (Å²) in [4.78, 5) is 27.7. The van der Waals surface area contributed by atoms with E-state index in [1.807, 2.05) is 42.5 Å². The second kappa shape index (κ2) is 7.91. The Labute approximate surface area is 179 Å². The van der Waals surface area contributed by atoms with Gasteiger partial charge in [-0.1, -0.05) is 18.2 Å². The maximum Gasteiger partial charge on any atom is 0.267 e. The molecule has 0 spiro atoms. The Morgan fingerprint density at radius 3 is 2.71 bits per heavy atom. The average molecular weight is 417 g/mol. The van der Waals surface area contributed by atoms with E-state index in [9.17, 15) is 9.59 Å². The lowest BCUT2D eigenvalue weighted by molar-refractivity contribution is -0.121. The summed E-state index contributed by atoms with van der Waals surface area (Å²) in [6, 6.07) is 15.9. The molecule has 158 valence electrons. The van der Waals surface area contributed by atoms with Crippen molar-refractivity contribution in [3.05, 3.63) is 70.5 Å². The van der Waals surface area contributed by atoms with Crippen LogP contribution in [0.25, 0.3) is 11.3 Å². The van der Waals surface area contributed by atoms with Gasteiger partial charge in [-0.05, 0) is 55.7 Å². The van der Waals surface area contributed by atoms with Crippen molar-refractivity contribution in [3.8, 4) is 22.8 Å². The van der Waals surface area contributed by atoms with Gasteiger partial charge in [-0.3, -0.25) is 9.59 Å². The van der Waals surface area contributed by atoms with Crippen LogP contribution in [-0.4, -0.2) is 35.4 Å². The van der Waals surface area contributed by atoms with Crippen LogP contribution in [0, 0.1) is 0 Å². The summed E-state index contributed by atoms with van der Waals surface area (Å²) in [7, 11) is 0. The third kappa shape index (κ3) is 3.56. The number of rotatable bonds is 3. The zero-order chi connectivity index (χ0) is 21.4. The van der Waals surface area contributed by atoms with Gasteiger partial charge in [0.15, 0.2) is 11.5 Å². The number of ether oxygens (including phenoxy) is 2. The zero-order valence-corrected chi connectivity index (χ0v) is 17.3. The van der Waals surface area contributed by atoms with Crippen molar-refractivity contribution in [2.45, 2.75) is 25.8 Å². The first-order valence-corrected chi connectivity index (χ1v) is 10.5. The molecule has 5 rings (SSSR count). The van der Waals surface area contributed by atoms with Crippen molar-refractivity contribution in [2.24, 2.45) is 0 Å². The molecule has 7 nitrogen and oxygen atoms in total. The molecular formula is C24H23N3O4. The van der Waals surface area contributed by atoms with Gasteiger partial charge < -0.3 is 14.4 Å². The van der Waals surface area contributed by atoms with Crippen molar-refractivity contribution in [3.63, 3.8) is 0 Å². The zero-order valence-electron chi connectivity index (χ0n) is 17.3. The van der Waals surface area contributed by atoms with E-state index in [4.69, 9.17) is 9.47 Å². The maximum absolute atomic E-state index is 13.3. The quantitative estimate of drug-likeness (QED) is 0.654. The van der Waals surface area contributed by atoms with E-state index in [1.54, 1.807) is 17.9 Å². The molecule has 1 aromatic heterocycles. The van der Waals surface area contributed by atoms with Crippen molar-refractivity contribution < 1.29 is 14.3 Å². The lowest BCUT2D eigenvalue weighted by Gasteiger charge is -2.31. The highest BCUT2D eigenvalue weighted by atomic mass is 16.6. The number of fused-ring (bicyclic) bond motifs is 2. The normalized spacial score (nSPS) is 15.8. The molecule has 2 aliphatic heterocycles. The molecule has 0 saturated heterocycles. The minimum Gasteiger partial charge on any atom is -0.486 e. The topological polar surface area (TPSA) is 73.7 Å². The van der Waals surface area contributed by atoms with Crippen molar-refractivity contribution >= 4 is 11.6 Å². The molecule has 3 heterocycles. The lowest BCUT2D eigenvalue weighted by Crippen LogP contribution is -2.42. The van der Waals surface area contributed by atoms with Gasteiger partial charge in [-0.15, -0.1) is 0 Å². The van der Waals surface area contributed by atoms with Crippen LogP contribution in [0.4, 0.5) is 5.69 Å². The molecule has 1 amide bonds. The Hall–Kier alpha value is -3.61. The monoisotopic (exact) mass is 417 g/mol. The molecule has 0 N–H and O–H groups in total. The van der Waals surface area contributed by atoms with Gasteiger partial charge in [0.05, 0.1) is 5.69 Å². The molecule has 0 fully saturated rings. The number of aryl methyl sites for hydroxylation is 1. The average Bonchev–Trinajstić information content (AvgIpc) is 2.83. The summed E-state index contributed by atoms with van der Waals surface area (Å²) in [5.74, 6) is 1.20. The summed E-state index contributed by atoms with van der Waals surface area (Å²) < 4.78 is 12.5. The summed E-state index contributed by atoms with van der Waals surface area (Å²) in [6.07, 6.45) is 1.85. The van der Waals surface area contributed by atoms with E-state index in [2.05, 4.69) is 5.10 Å². The number of para-hydroxylation sites is 1. The Kier molecular flexibility index (Phi) is 4.94. The van der Waals surface area contributed by atoms with E-state index in [1.165, 1.54) is 10.7 Å². The van der Waals surface area contributed by atoms with E-state index >= 15 is 0 Å². The number of anilines is 1. The molecule has 2 aromatic carbocycles. The lowest BCUT2D eigenvalue weighted by atomic mass is 10.0. The van der Waals surface area contributed by atoms with Crippen molar-refractivity contribution in [2.75, 3.05) is 24.7 Å². The number of benzene rings is 2. The summed E-state index contributed by atoms with van der Waals surface area (Å²) in [5.41, 5.74) is 3.14. The highest BCUT2D eigenvalue weighted by Crippen LogP contribution is 2.34. The smallest absolute Gasteiger partial charge is 0.267 e. The molecule has 0 bridgehead atoms. The van der Waals surface area contributed by atoms with E-state index in [-0.39, 0.29) is 11.5 Å². The molecule has 3 aromatic rings. The van der Waals surface area contributed by atoms with E-state index in [0.717, 1.165) is 29.7 Å². The van der Waals surface area contributed by atoms with Gasteiger partial charge in [-0.2, -0.15) is 5.10 Å². The Bertz CT molecular complexity index is 1200. The van der Waals surface area contributed by atoms with Gasteiger partial charge in [0.2, 0.25) is 0 Å². The van der Waals surface area contributed by atoms with Crippen LogP contribution in [0.15, 0.2) is 59.4 Å². The maximum atomic E-state index is 13.3. The number of aromatic nitrogens is 2. The number of carbonyl (C=O) groups is 1. The highest BCUT2D eigenvalue weighted by Gasteiger charge is 2.28. The third-order valence-electron chi connectivity index (χ3n) is 5.76. The van der Waals surface area contributed by atoms with Crippen LogP contribution < -0.4 is 19.9 Å². The Morgan fingerprint density at radius 2 is 1.84 bits per heavy atom. The predicted octanol–water partition coefficient (Wildman–Crippen LogP) is 3.22. The molecule has 2 aliphatic rings. The van der Waals surface area contributed by atoms with Crippen molar-refractivity contribution in [1.29, 1.82) is 0 Å². The van der Waals surface area contributed by atoms with Gasteiger partial charge in [-0.25, -0.2) is 4.68 Å². The van der Waals surface area contributed by atoms with Crippen LogP contribution >= 0.6 is 0 Å². The molecule has 1 atom stereocenters. The number of hydrogen-bond acceptors (Lipinski definition) is 5. The standard InChI is InChI=1S/C24H23N3O4/c1-16(24(29)26-12-4-6-17-5-2-3-7-20(17)26)27-23(28)11-9-19(25-27)18-8-10-21-22(15-18)31-14-13-30-21/h2-3,5,7-11,15-16H,4,6,12-14H2,1H3. The molecule has 0 aliphatic carbocycles. The first-order chi connectivity index (χ1) is 15.1. The minimum absolute atomic E-state index is 0.138. The number of hydrogen-bond donors (Lipinski definition) is 0. The van der Waals surface area contributed by atoms with Crippen LogP contribution in [0.1, 0.15) is 24.9 Å². The second-order valence-electron chi connectivity index (χ2n) is 7.76. The number of nitrogens with zero attached hydrogens (tertiary/aromatic N) is 3. The largest absolute Gasteiger partial charge is 0.486 e. The Morgan fingerprint density at radius 1 is 1.03 bits per heavy atom. The Balaban J connectivity index is 1.47. The van der Waals surface area contributed by atoms with Crippen LogP contribution in [0.3, 0.4) is 0 Å². The molecule has 1 unspecified atom stereocenters. The molecule has 0 saturated carbocycles. The third-order valence-corrected chi connectivity index (χ3v) is 5.76. The van der Waals surface area contributed by atoms with E-state index in [0.29, 0.717) is 37.0 Å². The summed E-state index contributed by atoms with van der Waals surface area (Å²) >= 11 is 0. The predicted molar refractivity (Wildman–Crippen MR) is 117 cm³/mol. The number of amides is 1. The fourth-order valence-electron chi connectivity index (χ4n) is 4.15. The van der Waals surface area contributed by atoms with Gasteiger partial charge in [0.1, 0.15) is 19.3 Å². The summed E-state index contributed by atoms with van der Waals surface area (Å²) in [6.45, 7) is 3.37. The number of carbonyl (C=O) groups excluding carboxylic acids is 1. The van der Waals surface area contributed by atoms with Crippen LogP contribution in [0.5, 0.6) is 11.5 Å². The first-order valence-electron chi connectivity index (χ1n) is 10.5. The minimum atomic E-state index is -0.726. The highest BCUT2D eigenvalue weighted by molar-refractivity contribution is 5.97. The first kappa shape index (κ1) is 19.4. The van der Waals surface area contributed by atoms with Gasteiger partial charge in [0.25, 0.3) is 11.5 Å². The van der Waals surface area contributed by atoms with Crippen LogP contribution in [-0.2, 0) is 11.2 Å². The van der Waals surface area contributed by atoms with E-state index < -0.39 is 6.04 Å². The fourth-order valence-corrected chi connectivity index (χ4v) is 4.15. The van der Waals surface area contributed by atoms with Crippen molar-refractivity contribution in [1.82, 2.24) is 9.78 Å².